The summed E-state index contributed by atoms with van der Waals surface area (Å²) in [5, 5.41) is 0. The van der Waals surface area contributed by atoms with Gasteiger partial charge in [0.05, 0.1) is 0 Å². The summed E-state index contributed by atoms with van der Waals surface area (Å²) in [5.74, 6) is 1.42. The largest absolute Gasteiger partial charge is 0.372 e. The molecule has 1 aliphatic heterocycles. The van der Waals surface area contributed by atoms with E-state index in [1.54, 1.807) is 0 Å². The molecule has 18 heavy (non-hydrogen) atoms. The molecule has 1 aromatic heterocycles. The molecule has 1 aliphatic rings. The number of aromatic nitrogens is 2. The number of hydrogen-bond acceptors (Lipinski definition) is 3. The molecule has 1 aromatic rings. The lowest BCUT2D eigenvalue weighted by Crippen LogP contribution is -2.41. The lowest BCUT2D eigenvalue weighted by molar-refractivity contribution is -0.137. The molecule has 1 atom stereocenters. The number of carbonyl (C=O) groups is 1. The summed E-state index contributed by atoms with van der Waals surface area (Å²) in [7, 11) is 0. The Kier molecular flexibility index (Phi) is 4.36. The normalized spacial score (nSPS) is 20.1. The fraction of sp³-hybridized carbons (Fsp3) is 0.692. The van der Waals surface area contributed by atoms with Crippen molar-refractivity contribution in [2.45, 2.75) is 32.6 Å². The number of likely N-dealkylation sites (tertiary alicyclic amines) is 1. The second kappa shape index (κ2) is 6.00. The fourth-order valence-corrected chi connectivity index (χ4v) is 2.35. The molecule has 1 fully saturated rings. The Morgan fingerprint density at radius 1 is 1.67 bits per heavy atom. The van der Waals surface area contributed by atoms with Gasteiger partial charge in [-0.15, -0.1) is 0 Å². The minimum atomic E-state index is 0.0878. The van der Waals surface area contributed by atoms with Crippen LogP contribution in [0, 0.1) is 6.92 Å². The summed E-state index contributed by atoms with van der Waals surface area (Å²) >= 11 is 0. The molecular formula is C13H21N3O2. The molecule has 1 saturated heterocycles. The van der Waals surface area contributed by atoms with Crippen LogP contribution >= 0.6 is 0 Å². The van der Waals surface area contributed by atoms with Gasteiger partial charge in [0.15, 0.2) is 0 Å². The van der Waals surface area contributed by atoms with E-state index in [0.29, 0.717) is 12.5 Å². The second-order valence-electron chi connectivity index (χ2n) is 4.77. The van der Waals surface area contributed by atoms with Crippen molar-refractivity contribution in [3.63, 3.8) is 0 Å². The molecule has 0 bridgehead atoms. The number of ether oxygens (including phenoxy) is 1. The zero-order chi connectivity index (χ0) is 13.0. The van der Waals surface area contributed by atoms with Crippen LogP contribution in [0.25, 0.3) is 0 Å². The van der Waals surface area contributed by atoms with Crippen molar-refractivity contribution in [3.05, 3.63) is 17.7 Å². The Labute approximate surface area is 108 Å². The topological polar surface area (TPSA) is 58.2 Å². The van der Waals surface area contributed by atoms with E-state index in [4.69, 9.17) is 4.74 Å². The van der Waals surface area contributed by atoms with E-state index in [-0.39, 0.29) is 12.5 Å². The second-order valence-corrected chi connectivity index (χ2v) is 4.77. The van der Waals surface area contributed by atoms with E-state index in [1.165, 1.54) is 0 Å². The zero-order valence-corrected chi connectivity index (χ0v) is 11.1. The molecule has 0 aromatic carbocycles. The van der Waals surface area contributed by atoms with E-state index in [2.05, 4.69) is 9.97 Å². The first-order valence-corrected chi connectivity index (χ1v) is 6.57. The summed E-state index contributed by atoms with van der Waals surface area (Å²) < 4.78 is 5.18. The Balaban J connectivity index is 1.94. The third-order valence-electron chi connectivity index (χ3n) is 3.31. The first-order valence-electron chi connectivity index (χ1n) is 6.57. The first kappa shape index (κ1) is 13.1. The highest BCUT2D eigenvalue weighted by Crippen LogP contribution is 2.24. The lowest BCUT2D eigenvalue weighted by atomic mass is 9.97. The quantitative estimate of drug-likeness (QED) is 0.881. The average Bonchev–Trinajstić information content (AvgIpc) is 2.83. The van der Waals surface area contributed by atoms with Gasteiger partial charge >= 0.3 is 0 Å². The number of H-pyrrole nitrogens is 1. The Hall–Kier alpha value is -1.36. The van der Waals surface area contributed by atoms with Crippen LogP contribution in [0.15, 0.2) is 6.20 Å². The van der Waals surface area contributed by atoms with Crippen LogP contribution in [0.2, 0.25) is 0 Å². The van der Waals surface area contributed by atoms with Crippen molar-refractivity contribution in [3.8, 4) is 0 Å². The number of aromatic amines is 1. The maximum absolute atomic E-state index is 11.9. The number of hydrogen-bond donors (Lipinski definition) is 1. The number of piperidine rings is 1. The Morgan fingerprint density at radius 2 is 2.50 bits per heavy atom. The standard InChI is InChI=1S/C13H21N3O2/c1-3-18-9-12(17)16-6-4-5-11(8-16)13-14-7-10(2)15-13/h7,11H,3-6,8-9H2,1-2H3,(H,14,15). The van der Waals surface area contributed by atoms with Crippen molar-refractivity contribution in [1.29, 1.82) is 0 Å². The summed E-state index contributed by atoms with van der Waals surface area (Å²) in [6, 6.07) is 0. The monoisotopic (exact) mass is 251 g/mol. The minimum absolute atomic E-state index is 0.0878. The third kappa shape index (κ3) is 3.10. The maximum atomic E-state index is 11.9. The van der Waals surface area contributed by atoms with Crippen molar-refractivity contribution in [2.24, 2.45) is 0 Å². The van der Waals surface area contributed by atoms with Gasteiger partial charge in [-0.1, -0.05) is 0 Å². The zero-order valence-electron chi connectivity index (χ0n) is 11.1. The van der Waals surface area contributed by atoms with Crippen LogP contribution < -0.4 is 0 Å². The lowest BCUT2D eigenvalue weighted by Gasteiger charge is -2.31. The Morgan fingerprint density at radius 3 is 3.17 bits per heavy atom. The molecule has 0 radical (unpaired) electrons. The number of amides is 1. The van der Waals surface area contributed by atoms with Crippen molar-refractivity contribution < 1.29 is 9.53 Å². The average molecular weight is 251 g/mol. The van der Waals surface area contributed by atoms with Gasteiger partial charge in [-0.2, -0.15) is 0 Å². The van der Waals surface area contributed by atoms with E-state index in [0.717, 1.165) is 37.4 Å². The van der Waals surface area contributed by atoms with E-state index >= 15 is 0 Å². The maximum Gasteiger partial charge on any atom is 0.248 e. The van der Waals surface area contributed by atoms with Gasteiger partial charge in [0.1, 0.15) is 12.4 Å². The summed E-state index contributed by atoms with van der Waals surface area (Å²) in [6.45, 7) is 6.26. The van der Waals surface area contributed by atoms with E-state index in [1.807, 2.05) is 24.9 Å². The van der Waals surface area contributed by atoms with Gasteiger partial charge in [-0.3, -0.25) is 4.79 Å². The number of rotatable bonds is 4. The molecule has 0 saturated carbocycles. The summed E-state index contributed by atoms with van der Waals surface area (Å²) in [6.07, 6.45) is 3.96. The van der Waals surface area contributed by atoms with Gasteiger partial charge in [0.25, 0.3) is 0 Å². The third-order valence-corrected chi connectivity index (χ3v) is 3.31. The van der Waals surface area contributed by atoms with Crippen molar-refractivity contribution >= 4 is 5.91 Å². The van der Waals surface area contributed by atoms with E-state index < -0.39 is 0 Å². The summed E-state index contributed by atoms with van der Waals surface area (Å²) in [5.41, 5.74) is 1.07. The van der Waals surface area contributed by atoms with Crippen LogP contribution in [-0.4, -0.2) is 47.1 Å². The van der Waals surface area contributed by atoms with Gasteiger partial charge in [0, 0.05) is 37.5 Å². The number of nitrogens with zero attached hydrogens (tertiary/aromatic N) is 2. The summed E-state index contributed by atoms with van der Waals surface area (Å²) in [4.78, 5) is 21.4. The highest BCUT2D eigenvalue weighted by Gasteiger charge is 2.26. The molecule has 1 amide bonds. The fourth-order valence-electron chi connectivity index (χ4n) is 2.35. The predicted octanol–water partition coefficient (Wildman–Crippen LogP) is 1.46. The smallest absolute Gasteiger partial charge is 0.248 e. The van der Waals surface area contributed by atoms with Gasteiger partial charge in [0.2, 0.25) is 5.91 Å². The van der Waals surface area contributed by atoms with Crippen LogP contribution in [0.4, 0.5) is 0 Å². The molecule has 5 nitrogen and oxygen atoms in total. The Bertz CT molecular complexity index is 403. The van der Waals surface area contributed by atoms with Crippen molar-refractivity contribution in [1.82, 2.24) is 14.9 Å². The molecule has 2 rings (SSSR count). The molecule has 2 heterocycles. The van der Waals surface area contributed by atoms with Crippen LogP contribution in [0.5, 0.6) is 0 Å². The molecule has 0 aliphatic carbocycles. The minimum Gasteiger partial charge on any atom is -0.372 e. The highest BCUT2D eigenvalue weighted by molar-refractivity contribution is 5.77. The number of aryl methyl sites for hydroxylation is 1. The number of carbonyl (C=O) groups excluding carboxylic acids is 1. The molecule has 5 heteroatoms. The first-order chi connectivity index (χ1) is 8.70. The van der Waals surface area contributed by atoms with Crippen LogP contribution in [-0.2, 0) is 9.53 Å². The molecule has 100 valence electrons. The van der Waals surface area contributed by atoms with Crippen LogP contribution in [0.1, 0.15) is 37.2 Å². The predicted molar refractivity (Wildman–Crippen MR) is 68.4 cm³/mol. The molecule has 1 N–H and O–H groups in total. The number of imidazole rings is 1. The molecular weight excluding hydrogens is 230 g/mol. The number of nitrogens with one attached hydrogen (secondary N) is 1. The molecule has 0 spiro atoms. The van der Waals surface area contributed by atoms with Crippen LogP contribution in [0.3, 0.4) is 0 Å². The van der Waals surface area contributed by atoms with Crippen molar-refractivity contribution in [2.75, 3.05) is 26.3 Å². The molecule has 1 unspecified atom stereocenters. The van der Waals surface area contributed by atoms with Gasteiger partial charge in [-0.05, 0) is 26.7 Å². The van der Waals surface area contributed by atoms with E-state index in [9.17, 15) is 4.79 Å². The van der Waals surface area contributed by atoms with Gasteiger partial charge in [-0.25, -0.2) is 4.98 Å². The highest BCUT2D eigenvalue weighted by atomic mass is 16.5. The SMILES string of the molecule is CCOCC(=O)N1CCCC(c2ncc(C)[nH]2)C1. The van der Waals surface area contributed by atoms with Gasteiger partial charge < -0.3 is 14.6 Å².